The first-order chi connectivity index (χ1) is 18.3. The molecular formula is C36H32IrN2-2. The fraction of sp³-hybridized carbons (Fsp3) is 0.167. The van der Waals surface area contributed by atoms with Gasteiger partial charge in [0.2, 0.25) is 0 Å². The van der Waals surface area contributed by atoms with Gasteiger partial charge in [0.05, 0.1) is 0 Å². The Kier molecular flexibility index (Phi) is 10.5. The van der Waals surface area contributed by atoms with Gasteiger partial charge in [-0.15, -0.1) is 65.7 Å². The molecule has 0 spiro atoms. The van der Waals surface area contributed by atoms with E-state index in [0.29, 0.717) is 0 Å². The number of pyridine rings is 2. The summed E-state index contributed by atoms with van der Waals surface area (Å²) in [5.41, 5.74) is 9.82. The molecule has 2 aromatic heterocycles. The maximum atomic E-state index is 4.42. The summed E-state index contributed by atoms with van der Waals surface area (Å²) in [6, 6.07) is 36.8. The van der Waals surface area contributed by atoms with Crippen molar-refractivity contribution < 1.29 is 20.1 Å². The van der Waals surface area contributed by atoms with Crippen LogP contribution in [0.15, 0.2) is 103 Å². The fourth-order valence-electron chi connectivity index (χ4n) is 3.81. The van der Waals surface area contributed by atoms with E-state index in [0.717, 1.165) is 33.6 Å². The van der Waals surface area contributed by atoms with Gasteiger partial charge in [-0.1, -0.05) is 73.6 Å². The summed E-state index contributed by atoms with van der Waals surface area (Å²) >= 11 is 0. The SMILES string of the molecule is Cc1ccnc(-c2[c-]ccc(C#Cc3ccc(C(C)(C)C)cc3)c2)c1.Cc1ccnc(-c2[c-]cccc2)c1.[Ir]. The topological polar surface area (TPSA) is 25.8 Å². The molecule has 0 amide bonds. The van der Waals surface area contributed by atoms with Crippen molar-refractivity contribution in [2.45, 2.75) is 40.0 Å². The van der Waals surface area contributed by atoms with Gasteiger partial charge in [0.25, 0.3) is 0 Å². The van der Waals surface area contributed by atoms with E-state index in [-0.39, 0.29) is 25.5 Å². The molecule has 3 heteroatoms. The van der Waals surface area contributed by atoms with Crippen LogP contribution in [-0.2, 0) is 25.5 Å². The minimum atomic E-state index is 0. The Hall–Kier alpha value is -3.83. The van der Waals surface area contributed by atoms with Crippen molar-refractivity contribution in [3.05, 3.63) is 143 Å². The van der Waals surface area contributed by atoms with Crippen LogP contribution in [0.25, 0.3) is 22.5 Å². The van der Waals surface area contributed by atoms with Gasteiger partial charge in [-0.05, 0) is 60.5 Å². The van der Waals surface area contributed by atoms with Crippen molar-refractivity contribution in [1.82, 2.24) is 9.97 Å². The molecule has 1 radical (unpaired) electrons. The van der Waals surface area contributed by atoms with Gasteiger partial charge >= 0.3 is 0 Å². The van der Waals surface area contributed by atoms with E-state index in [4.69, 9.17) is 0 Å². The maximum Gasteiger partial charge on any atom is 0.0248 e. The second kappa shape index (κ2) is 13.8. The zero-order valence-corrected chi connectivity index (χ0v) is 25.4. The van der Waals surface area contributed by atoms with Crippen molar-refractivity contribution >= 4 is 0 Å². The van der Waals surface area contributed by atoms with Gasteiger partial charge in [0, 0.05) is 38.1 Å². The predicted molar refractivity (Wildman–Crippen MR) is 158 cm³/mol. The molecule has 39 heavy (non-hydrogen) atoms. The molecule has 5 rings (SSSR count). The molecule has 197 valence electrons. The Labute approximate surface area is 247 Å². The van der Waals surface area contributed by atoms with Crippen LogP contribution in [-0.4, -0.2) is 9.97 Å². The van der Waals surface area contributed by atoms with Gasteiger partial charge in [0.15, 0.2) is 0 Å². The number of aromatic nitrogens is 2. The minimum absolute atomic E-state index is 0. The van der Waals surface area contributed by atoms with Crippen molar-refractivity contribution in [2.24, 2.45) is 0 Å². The molecule has 0 aliphatic rings. The second-order valence-corrected chi connectivity index (χ2v) is 10.3. The molecule has 0 bridgehead atoms. The van der Waals surface area contributed by atoms with Crippen LogP contribution in [0.4, 0.5) is 0 Å². The Bertz CT molecular complexity index is 1550. The van der Waals surface area contributed by atoms with Crippen LogP contribution in [0, 0.1) is 37.8 Å². The van der Waals surface area contributed by atoms with Crippen molar-refractivity contribution in [3.8, 4) is 34.4 Å². The molecule has 0 N–H and O–H groups in total. The van der Waals surface area contributed by atoms with E-state index in [2.05, 4.69) is 105 Å². The van der Waals surface area contributed by atoms with Crippen LogP contribution >= 0.6 is 0 Å². The van der Waals surface area contributed by atoms with E-state index in [1.807, 2.05) is 67.0 Å². The van der Waals surface area contributed by atoms with E-state index >= 15 is 0 Å². The number of benzene rings is 3. The largest absolute Gasteiger partial charge is 0.305 e. The molecule has 0 saturated heterocycles. The molecule has 2 heterocycles. The zero-order valence-electron chi connectivity index (χ0n) is 23.0. The summed E-state index contributed by atoms with van der Waals surface area (Å²) in [7, 11) is 0. The van der Waals surface area contributed by atoms with Crippen LogP contribution in [0.1, 0.15) is 48.6 Å². The van der Waals surface area contributed by atoms with Gasteiger partial charge in [-0.3, -0.25) is 0 Å². The quantitative estimate of drug-likeness (QED) is 0.138. The van der Waals surface area contributed by atoms with E-state index in [1.165, 1.54) is 16.7 Å². The molecule has 0 aliphatic carbocycles. The van der Waals surface area contributed by atoms with Gasteiger partial charge in [0.1, 0.15) is 0 Å². The molecule has 3 aromatic carbocycles. The third-order valence-corrected chi connectivity index (χ3v) is 6.00. The molecule has 0 aliphatic heterocycles. The van der Waals surface area contributed by atoms with Crippen LogP contribution in [0.3, 0.4) is 0 Å². The fourth-order valence-corrected chi connectivity index (χ4v) is 3.81. The van der Waals surface area contributed by atoms with Crippen LogP contribution in [0.2, 0.25) is 0 Å². The normalized spacial score (nSPS) is 10.3. The van der Waals surface area contributed by atoms with Gasteiger partial charge in [-0.25, -0.2) is 0 Å². The number of hydrogen-bond donors (Lipinski definition) is 0. The van der Waals surface area contributed by atoms with Crippen molar-refractivity contribution in [3.63, 3.8) is 0 Å². The molecule has 0 unspecified atom stereocenters. The van der Waals surface area contributed by atoms with Crippen molar-refractivity contribution in [2.75, 3.05) is 0 Å². The van der Waals surface area contributed by atoms with Gasteiger partial charge < -0.3 is 9.97 Å². The Morgan fingerprint density at radius 2 is 1.21 bits per heavy atom. The number of aryl methyl sites for hydroxylation is 2. The third-order valence-electron chi connectivity index (χ3n) is 6.00. The minimum Gasteiger partial charge on any atom is -0.305 e. The first kappa shape index (κ1) is 29.7. The van der Waals surface area contributed by atoms with Gasteiger partial charge in [-0.2, -0.15) is 0 Å². The standard InChI is InChI=1S/C24H22N.C12H10N.Ir/c1-18-14-15-25-23(16-18)21-7-5-6-20(17-21)9-8-19-10-12-22(13-11-19)24(2,3)4;1-10-7-8-13-12(9-10)11-5-3-2-4-6-11;/h5-6,10-17H,1-4H3;2-5,7-9H,1H3;/q2*-1;. The second-order valence-electron chi connectivity index (χ2n) is 10.3. The van der Waals surface area contributed by atoms with E-state index in [9.17, 15) is 0 Å². The first-order valence-corrected chi connectivity index (χ1v) is 12.7. The third kappa shape index (κ3) is 8.86. The van der Waals surface area contributed by atoms with Crippen LogP contribution in [0.5, 0.6) is 0 Å². The number of rotatable bonds is 2. The average Bonchev–Trinajstić information content (AvgIpc) is 2.93. The molecule has 2 nitrogen and oxygen atoms in total. The Morgan fingerprint density at radius 3 is 1.77 bits per heavy atom. The summed E-state index contributed by atoms with van der Waals surface area (Å²) in [5.74, 6) is 6.49. The molecule has 0 atom stereocenters. The average molecular weight is 685 g/mol. The van der Waals surface area contributed by atoms with Crippen molar-refractivity contribution in [1.29, 1.82) is 0 Å². The Balaban J connectivity index is 0.000000253. The molecular weight excluding hydrogens is 653 g/mol. The summed E-state index contributed by atoms with van der Waals surface area (Å²) in [6.07, 6.45) is 3.65. The first-order valence-electron chi connectivity index (χ1n) is 12.7. The molecule has 0 fully saturated rings. The van der Waals surface area contributed by atoms with Crippen LogP contribution < -0.4 is 0 Å². The molecule has 5 aromatic rings. The summed E-state index contributed by atoms with van der Waals surface area (Å²) in [4.78, 5) is 8.70. The zero-order chi connectivity index (χ0) is 27.0. The predicted octanol–water partition coefficient (Wildman–Crippen LogP) is 8.41. The number of nitrogens with zero attached hydrogens (tertiary/aromatic N) is 2. The summed E-state index contributed by atoms with van der Waals surface area (Å²) in [5, 5.41) is 0. The van der Waals surface area contributed by atoms with E-state index in [1.54, 1.807) is 0 Å². The molecule has 0 saturated carbocycles. The van der Waals surface area contributed by atoms with E-state index < -0.39 is 0 Å². The number of hydrogen-bond acceptors (Lipinski definition) is 2. The maximum absolute atomic E-state index is 4.42. The smallest absolute Gasteiger partial charge is 0.0248 e. The Morgan fingerprint density at radius 1 is 0.615 bits per heavy atom. The summed E-state index contributed by atoms with van der Waals surface area (Å²) < 4.78 is 0. The monoisotopic (exact) mass is 685 g/mol. The summed E-state index contributed by atoms with van der Waals surface area (Å²) in [6.45, 7) is 10.8.